The van der Waals surface area contributed by atoms with Gasteiger partial charge in [0.05, 0.1) is 0 Å². The topological polar surface area (TPSA) is 78.9 Å². The first kappa shape index (κ1) is 53.4. The monoisotopic (exact) mass is 779 g/mol. The van der Waals surface area contributed by atoms with Gasteiger partial charge in [-0.05, 0) is 31.1 Å². The minimum Gasteiger partial charge on any atom is -0.462 e. The Morgan fingerprint density at radius 1 is 0.345 bits per heavy atom. The summed E-state index contributed by atoms with van der Waals surface area (Å²) in [4.78, 5) is 37.8. The van der Waals surface area contributed by atoms with Gasteiger partial charge in [-0.25, -0.2) is 0 Å². The van der Waals surface area contributed by atoms with Crippen LogP contribution in [0.1, 0.15) is 266 Å². The van der Waals surface area contributed by atoms with Crippen molar-refractivity contribution < 1.29 is 28.6 Å². The minimum absolute atomic E-state index is 0.0649. The molecule has 0 aromatic heterocycles. The van der Waals surface area contributed by atoms with Gasteiger partial charge in [0.2, 0.25) is 0 Å². The molecule has 0 aromatic rings. The van der Waals surface area contributed by atoms with Crippen LogP contribution in [0.3, 0.4) is 0 Å². The van der Waals surface area contributed by atoms with E-state index in [0.29, 0.717) is 19.3 Å². The van der Waals surface area contributed by atoms with Crippen LogP contribution < -0.4 is 0 Å². The number of carbonyl (C=O) groups is 3. The Kier molecular flexibility index (Phi) is 40.8. The molecular formula is C49H94O6. The number of rotatable bonds is 43. The number of esters is 3. The van der Waals surface area contributed by atoms with Crippen LogP contribution in [-0.4, -0.2) is 37.2 Å². The molecule has 0 amide bonds. The molecule has 0 aliphatic heterocycles. The van der Waals surface area contributed by atoms with Crippen molar-refractivity contribution in [2.45, 2.75) is 272 Å². The number of hydrogen-bond acceptors (Lipinski definition) is 6. The lowest BCUT2D eigenvalue weighted by molar-refractivity contribution is -0.167. The second-order valence-electron chi connectivity index (χ2n) is 17.7. The van der Waals surface area contributed by atoms with Gasteiger partial charge in [-0.2, -0.15) is 0 Å². The van der Waals surface area contributed by atoms with E-state index in [9.17, 15) is 14.4 Å². The summed E-state index contributed by atoms with van der Waals surface area (Å²) < 4.78 is 16.7. The van der Waals surface area contributed by atoms with Crippen LogP contribution in [0.4, 0.5) is 0 Å². The molecular weight excluding hydrogens is 685 g/mol. The van der Waals surface area contributed by atoms with E-state index in [-0.39, 0.29) is 31.1 Å². The lowest BCUT2D eigenvalue weighted by Gasteiger charge is -2.18. The number of unbranched alkanes of at least 4 members (excludes halogenated alkanes) is 28. The molecule has 0 spiro atoms. The molecule has 6 heteroatoms. The first-order valence-electron chi connectivity index (χ1n) is 24.2. The first-order valence-corrected chi connectivity index (χ1v) is 24.2. The van der Waals surface area contributed by atoms with Crippen LogP contribution in [0.5, 0.6) is 0 Å². The van der Waals surface area contributed by atoms with E-state index < -0.39 is 6.10 Å². The predicted octanol–water partition coefficient (Wildman–Crippen LogP) is 15.4. The Morgan fingerprint density at radius 3 is 0.891 bits per heavy atom. The summed E-state index contributed by atoms with van der Waals surface area (Å²) in [6.45, 7) is 11.3. The molecule has 0 aliphatic carbocycles. The summed E-state index contributed by atoms with van der Waals surface area (Å²) in [5.41, 5.74) is 0. The highest BCUT2D eigenvalue weighted by Gasteiger charge is 2.19. The van der Waals surface area contributed by atoms with Crippen molar-refractivity contribution >= 4 is 17.9 Å². The molecule has 0 radical (unpaired) electrons. The number of carbonyl (C=O) groups excluding carboxylic acids is 3. The SMILES string of the molecule is CCCCCCCCCCCCCCCCCC(=O)OC[C@@H](COC(=O)CCCCCCCCCC(C)C)OC(=O)CCCCCCCCCCCC(C)C. The van der Waals surface area contributed by atoms with Gasteiger partial charge >= 0.3 is 17.9 Å². The fourth-order valence-electron chi connectivity index (χ4n) is 7.28. The summed E-state index contributed by atoms with van der Waals surface area (Å²) in [6, 6.07) is 0. The summed E-state index contributed by atoms with van der Waals surface area (Å²) in [5.74, 6) is 0.731. The van der Waals surface area contributed by atoms with E-state index in [1.54, 1.807) is 0 Å². The fraction of sp³-hybridized carbons (Fsp3) is 0.939. The molecule has 0 aliphatic rings. The Bertz CT molecular complexity index is 839. The zero-order valence-electron chi connectivity index (χ0n) is 37.6. The standard InChI is InChI=1S/C49H94O6/c1-6-7-8-9-10-11-12-13-14-15-16-19-24-29-34-39-47(50)53-42-46(43-54-48(51)40-35-30-26-21-23-28-33-38-45(4)5)55-49(52)41-36-31-25-20-17-18-22-27-32-37-44(2)3/h44-46H,6-43H2,1-5H3/t46-/m0/s1. The van der Waals surface area contributed by atoms with Gasteiger partial charge < -0.3 is 14.2 Å². The van der Waals surface area contributed by atoms with E-state index in [1.165, 1.54) is 154 Å². The molecule has 0 unspecified atom stereocenters. The summed E-state index contributed by atoms with van der Waals surface area (Å²) in [7, 11) is 0. The second-order valence-corrected chi connectivity index (χ2v) is 17.7. The Hall–Kier alpha value is -1.59. The van der Waals surface area contributed by atoms with Crippen LogP contribution in [0.15, 0.2) is 0 Å². The van der Waals surface area contributed by atoms with Crippen molar-refractivity contribution in [2.75, 3.05) is 13.2 Å². The van der Waals surface area contributed by atoms with E-state index in [4.69, 9.17) is 14.2 Å². The molecule has 0 N–H and O–H groups in total. The van der Waals surface area contributed by atoms with Crippen LogP contribution in [-0.2, 0) is 28.6 Å². The molecule has 1 atom stereocenters. The smallest absolute Gasteiger partial charge is 0.306 e. The molecule has 326 valence electrons. The molecule has 0 rings (SSSR count). The molecule has 0 aromatic carbocycles. The van der Waals surface area contributed by atoms with Crippen LogP contribution in [0.25, 0.3) is 0 Å². The van der Waals surface area contributed by atoms with Gasteiger partial charge in [-0.1, -0.05) is 227 Å². The molecule has 0 fully saturated rings. The third-order valence-electron chi connectivity index (χ3n) is 11.0. The quantitative estimate of drug-likeness (QED) is 0.0348. The van der Waals surface area contributed by atoms with Crippen molar-refractivity contribution in [2.24, 2.45) is 11.8 Å². The molecule has 0 saturated heterocycles. The van der Waals surface area contributed by atoms with Gasteiger partial charge in [0.25, 0.3) is 0 Å². The van der Waals surface area contributed by atoms with Crippen LogP contribution in [0.2, 0.25) is 0 Å². The van der Waals surface area contributed by atoms with E-state index in [0.717, 1.165) is 69.6 Å². The Labute approximate surface area is 342 Å². The van der Waals surface area contributed by atoms with Crippen LogP contribution in [0, 0.1) is 11.8 Å². The highest BCUT2D eigenvalue weighted by molar-refractivity contribution is 5.71. The largest absolute Gasteiger partial charge is 0.462 e. The van der Waals surface area contributed by atoms with Gasteiger partial charge in [0.15, 0.2) is 6.10 Å². The molecule has 55 heavy (non-hydrogen) atoms. The Morgan fingerprint density at radius 2 is 0.600 bits per heavy atom. The van der Waals surface area contributed by atoms with Gasteiger partial charge in [-0.3, -0.25) is 14.4 Å². The van der Waals surface area contributed by atoms with Gasteiger partial charge in [0, 0.05) is 19.3 Å². The molecule has 6 nitrogen and oxygen atoms in total. The predicted molar refractivity (Wildman–Crippen MR) is 233 cm³/mol. The third-order valence-corrected chi connectivity index (χ3v) is 11.0. The van der Waals surface area contributed by atoms with Crippen molar-refractivity contribution in [3.05, 3.63) is 0 Å². The number of ether oxygens (including phenoxy) is 3. The first-order chi connectivity index (χ1) is 26.7. The van der Waals surface area contributed by atoms with Crippen molar-refractivity contribution in [1.29, 1.82) is 0 Å². The highest BCUT2D eigenvalue weighted by atomic mass is 16.6. The van der Waals surface area contributed by atoms with Crippen molar-refractivity contribution in [3.8, 4) is 0 Å². The van der Waals surface area contributed by atoms with Crippen molar-refractivity contribution in [3.63, 3.8) is 0 Å². The van der Waals surface area contributed by atoms with Gasteiger partial charge in [-0.15, -0.1) is 0 Å². The average Bonchev–Trinajstić information content (AvgIpc) is 3.15. The summed E-state index contributed by atoms with van der Waals surface area (Å²) in [5, 5.41) is 0. The highest BCUT2D eigenvalue weighted by Crippen LogP contribution is 2.17. The van der Waals surface area contributed by atoms with Gasteiger partial charge in [0.1, 0.15) is 13.2 Å². The zero-order valence-corrected chi connectivity index (χ0v) is 37.6. The fourth-order valence-corrected chi connectivity index (χ4v) is 7.28. The zero-order chi connectivity index (χ0) is 40.5. The minimum atomic E-state index is -0.761. The van der Waals surface area contributed by atoms with E-state index >= 15 is 0 Å². The van der Waals surface area contributed by atoms with Crippen LogP contribution >= 0.6 is 0 Å². The average molecular weight is 779 g/mol. The molecule has 0 bridgehead atoms. The molecule has 0 heterocycles. The summed E-state index contributed by atoms with van der Waals surface area (Å²) in [6.07, 6.45) is 41.0. The normalized spacial score (nSPS) is 12.1. The maximum Gasteiger partial charge on any atom is 0.306 e. The lowest BCUT2D eigenvalue weighted by Crippen LogP contribution is -2.30. The number of hydrogen-bond donors (Lipinski definition) is 0. The Balaban J connectivity index is 4.30. The summed E-state index contributed by atoms with van der Waals surface area (Å²) >= 11 is 0. The van der Waals surface area contributed by atoms with Crippen molar-refractivity contribution in [1.82, 2.24) is 0 Å². The lowest BCUT2D eigenvalue weighted by atomic mass is 10.0. The molecule has 0 saturated carbocycles. The third kappa shape index (κ3) is 43.4. The van der Waals surface area contributed by atoms with E-state index in [2.05, 4.69) is 34.6 Å². The maximum absolute atomic E-state index is 12.7. The second kappa shape index (κ2) is 42.0. The van der Waals surface area contributed by atoms with E-state index in [1.807, 2.05) is 0 Å². The maximum atomic E-state index is 12.7.